The van der Waals surface area contributed by atoms with Crippen LogP contribution in [-0.2, 0) is 3.79 Å². The van der Waals surface area contributed by atoms with Gasteiger partial charge < -0.3 is 5.73 Å². The highest BCUT2D eigenvalue weighted by Gasteiger charge is 2.29. The molecule has 0 aliphatic heterocycles. The van der Waals surface area contributed by atoms with Gasteiger partial charge >= 0.3 is 0 Å². The van der Waals surface area contributed by atoms with Crippen molar-refractivity contribution >= 4 is 81.3 Å². The summed E-state index contributed by atoms with van der Waals surface area (Å²) in [5.41, 5.74) is 7.23. The summed E-state index contributed by atoms with van der Waals surface area (Å²) >= 11 is 29.7. The molecule has 3 aromatic rings. The zero-order valence-electron chi connectivity index (χ0n) is 12.9. The van der Waals surface area contributed by atoms with Crippen molar-refractivity contribution in [2.24, 2.45) is 0 Å². The second-order valence-electron chi connectivity index (χ2n) is 5.10. The van der Waals surface area contributed by atoms with Crippen molar-refractivity contribution in [2.45, 2.75) is 3.79 Å². The fraction of sp³-hybridized carbons (Fsp3) is 0.0625. The van der Waals surface area contributed by atoms with Gasteiger partial charge in [-0.2, -0.15) is 15.0 Å². The fourth-order valence-corrected chi connectivity index (χ4v) is 2.67. The minimum Gasteiger partial charge on any atom is -0.368 e. The first-order valence-electron chi connectivity index (χ1n) is 7.14. The average Bonchev–Trinajstić information content (AvgIpc) is 2.57. The molecule has 0 atom stereocenters. The molecule has 0 saturated carbocycles. The summed E-state index contributed by atoms with van der Waals surface area (Å²) in [6, 6.07) is 14.1. The van der Waals surface area contributed by atoms with Crippen molar-refractivity contribution in [3.63, 3.8) is 0 Å². The maximum Gasteiger partial charge on any atom is 0.250 e. The lowest BCUT2D eigenvalue weighted by Gasteiger charge is -2.24. The van der Waals surface area contributed by atoms with Gasteiger partial charge in [-0.3, -0.25) is 4.90 Å². The van der Waals surface area contributed by atoms with Gasteiger partial charge in [0.05, 0.1) is 0 Å². The number of nitrogens with two attached hydrogens (primary N) is 1. The van der Waals surface area contributed by atoms with Gasteiger partial charge in [-0.25, -0.2) is 0 Å². The zero-order valence-corrected chi connectivity index (χ0v) is 16.7. The maximum absolute atomic E-state index is 5.99. The molecule has 5 nitrogen and oxygen atoms in total. The number of halogens is 5. The van der Waals surface area contributed by atoms with Crippen LogP contribution in [0.3, 0.4) is 0 Å². The number of benzene rings is 2. The van der Waals surface area contributed by atoms with Gasteiger partial charge in [-0.15, -0.1) is 0 Å². The minimum atomic E-state index is -1.85. The molecular weight excluding hydrogens is 439 g/mol. The SMILES string of the molecule is Nc1nc(N(c2ccc(Cl)cc2)c2ccc(Cl)cc2)nc(C(Cl)(Cl)Cl)n1. The number of rotatable bonds is 3. The quantitative estimate of drug-likeness (QED) is 0.493. The van der Waals surface area contributed by atoms with Gasteiger partial charge in [0.15, 0.2) is 5.82 Å². The van der Waals surface area contributed by atoms with Crippen molar-refractivity contribution in [3.05, 3.63) is 64.4 Å². The Morgan fingerprint density at radius 1 is 0.731 bits per heavy atom. The van der Waals surface area contributed by atoms with Crippen LogP contribution in [0.4, 0.5) is 23.3 Å². The lowest BCUT2D eigenvalue weighted by Crippen LogP contribution is -2.18. The number of hydrogen-bond acceptors (Lipinski definition) is 5. The molecule has 0 saturated heterocycles. The molecule has 0 fully saturated rings. The highest BCUT2D eigenvalue weighted by atomic mass is 35.6. The molecule has 0 radical (unpaired) electrons. The van der Waals surface area contributed by atoms with E-state index in [1.807, 2.05) is 0 Å². The van der Waals surface area contributed by atoms with Crippen LogP contribution in [-0.4, -0.2) is 15.0 Å². The third-order valence-corrected chi connectivity index (χ3v) is 4.28. The number of nitrogens with zero attached hydrogens (tertiary/aromatic N) is 4. The van der Waals surface area contributed by atoms with E-state index in [9.17, 15) is 0 Å². The Labute approximate surface area is 174 Å². The van der Waals surface area contributed by atoms with Crippen molar-refractivity contribution in [2.75, 3.05) is 10.6 Å². The van der Waals surface area contributed by atoms with Crippen molar-refractivity contribution in [1.29, 1.82) is 0 Å². The van der Waals surface area contributed by atoms with Crippen molar-refractivity contribution in [1.82, 2.24) is 15.0 Å². The molecule has 134 valence electrons. The first kappa shape index (κ1) is 19.3. The van der Waals surface area contributed by atoms with Gasteiger partial charge in [0, 0.05) is 21.4 Å². The molecule has 10 heteroatoms. The van der Waals surface area contributed by atoms with Gasteiger partial charge in [-0.1, -0.05) is 58.0 Å². The van der Waals surface area contributed by atoms with Gasteiger partial charge in [0.1, 0.15) is 0 Å². The number of anilines is 4. The van der Waals surface area contributed by atoms with Gasteiger partial charge in [0.25, 0.3) is 0 Å². The molecule has 1 heterocycles. The average molecular weight is 450 g/mol. The predicted molar refractivity (Wildman–Crippen MR) is 108 cm³/mol. The lowest BCUT2D eigenvalue weighted by atomic mass is 10.2. The van der Waals surface area contributed by atoms with Crippen LogP contribution in [0, 0.1) is 0 Å². The van der Waals surface area contributed by atoms with E-state index in [1.54, 1.807) is 53.4 Å². The number of alkyl halides is 3. The fourth-order valence-electron chi connectivity index (χ4n) is 2.17. The van der Waals surface area contributed by atoms with E-state index in [-0.39, 0.29) is 17.7 Å². The second kappa shape index (κ2) is 7.62. The molecule has 1 aromatic heterocycles. The second-order valence-corrected chi connectivity index (χ2v) is 8.26. The van der Waals surface area contributed by atoms with Crippen LogP contribution in [0.25, 0.3) is 0 Å². The molecular formula is C16H10Cl5N5. The Kier molecular flexibility index (Phi) is 5.65. The molecule has 2 N–H and O–H groups in total. The van der Waals surface area contributed by atoms with E-state index >= 15 is 0 Å². The molecule has 26 heavy (non-hydrogen) atoms. The monoisotopic (exact) mass is 447 g/mol. The van der Waals surface area contributed by atoms with Crippen LogP contribution < -0.4 is 10.6 Å². The normalized spacial score (nSPS) is 11.4. The summed E-state index contributed by atoms with van der Waals surface area (Å²) < 4.78 is -1.85. The first-order chi connectivity index (χ1) is 12.2. The summed E-state index contributed by atoms with van der Waals surface area (Å²) in [7, 11) is 0. The topological polar surface area (TPSA) is 67.9 Å². The standard InChI is InChI=1S/C16H10Cl5N5/c17-9-1-5-11(6-2-9)26(12-7-3-10(18)4-8-12)15-24-13(16(19,20)21)23-14(22)25-15/h1-8H,(H2,22,23,24,25). The van der Waals surface area contributed by atoms with E-state index in [4.69, 9.17) is 63.7 Å². The summed E-state index contributed by atoms with van der Waals surface area (Å²) in [5.74, 6) is 0.0191. The Morgan fingerprint density at radius 3 is 1.62 bits per heavy atom. The molecule has 0 bridgehead atoms. The van der Waals surface area contributed by atoms with Crippen molar-refractivity contribution in [3.8, 4) is 0 Å². The number of hydrogen-bond donors (Lipinski definition) is 1. The van der Waals surface area contributed by atoms with Crippen LogP contribution in [0.1, 0.15) is 5.82 Å². The third kappa shape index (κ3) is 4.42. The largest absolute Gasteiger partial charge is 0.368 e. The molecule has 0 aliphatic rings. The number of aromatic nitrogens is 3. The summed E-state index contributed by atoms with van der Waals surface area (Å²) in [4.78, 5) is 14.1. The predicted octanol–water partition coefficient (Wildman–Crippen LogP) is 6.06. The van der Waals surface area contributed by atoms with E-state index in [2.05, 4.69) is 15.0 Å². The Balaban J connectivity index is 2.19. The molecule has 0 amide bonds. The van der Waals surface area contributed by atoms with Crippen LogP contribution in [0.15, 0.2) is 48.5 Å². The van der Waals surface area contributed by atoms with Crippen LogP contribution in [0.2, 0.25) is 10.0 Å². The van der Waals surface area contributed by atoms with E-state index in [0.717, 1.165) is 11.4 Å². The molecule has 2 aromatic carbocycles. The van der Waals surface area contributed by atoms with Crippen LogP contribution >= 0.6 is 58.0 Å². The van der Waals surface area contributed by atoms with E-state index < -0.39 is 3.79 Å². The highest BCUT2D eigenvalue weighted by molar-refractivity contribution is 6.66. The molecule has 0 unspecified atom stereocenters. The van der Waals surface area contributed by atoms with E-state index in [1.165, 1.54) is 0 Å². The molecule has 3 rings (SSSR count). The van der Waals surface area contributed by atoms with Gasteiger partial charge in [-0.05, 0) is 48.5 Å². The first-order valence-corrected chi connectivity index (χ1v) is 9.03. The third-order valence-electron chi connectivity index (χ3n) is 3.26. The zero-order chi connectivity index (χ0) is 18.9. The summed E-state index contributed by atoms with van der Waals surface area (Å²) in [6.45, 7) is 0. The lowest BCUT2D eigenvalue weighted by molar-refractivity contribution is 0.915. The van der Waals surface area contributed by atoms with Gasteiger partial charge in [0.2, 0.25) is 15.7 Å². The Hall–Kier alpha value is -1.50. The Morgan fingerprint density at radius 2 is 1.19 bits per heavy atom. The maximum atomic E-state index is 5.99. The molecule has 0 spiro atoms. The minimum absolute atomic E-state index is 0.0794. The molecule has 0 aliphatic carbocycles. The van der Waals surface area contributed by atoms with Crippen LogP contribution in [0.5, 0.6) is 0 Å². The smallest absolute Gasteiger partial charge is 0.250 e. The summed E-state index contributed by atoms with van der Waals surface area (Å²) in [6.07, 6.45) is 0. The Bertz CT molecular complexity index is 864. The summed E-state index contributed by atoms with van der Waals surface area (Å²) in [5, 5.41) is 1.17. The highest BCUT2D eigenvalue weighted by Crippen LogP contribution is 2.39. The number of nitrogen functional groups attached to an aromatic ring is 1. The van der Waals surface area contributed by atoms with E-state index in [0.29, 0.717) is 10.0 Å². The van der Waals surface area contributed by atoms with Crippen molar-refractivity contribution < 1.29 is 0 Å².